The molecule has 1 aromatic rings. The van der Waals surface area contributed by atoms with Crippen molar-refractivity contribution >= 4 is 5.90 Å². The van der Waals surface area contributed by atoms with Crippen LogP contribution in [0, 0.1) is 5.92 Å². The van der Waals surface area contributed by atoms with Gasteiger partial charge in [-0.05, 0) is 38.1 Å². The Hall–Kier alpha value is -1.42. The van der Waals surface area contributed by atoms with Gasteiger partial charge in [-0.1, -0.05) is 13.0 Å². The predicted molar refractivity (Wildman–Crippen MR) is 70.7 cm³/mol. The minimum atomic E-state index is 0.215. The molecule has 0 saturated carbocycles. The summed E-state index contributed by atoms with van der Waals surface area (Å²) in [4.78, 5) is 11.4. The van der Waals surface area contributed by atoms with Gasteiger partial charge < -0.3 is 9.64 Å². The number of likely N-dealkylation sites (tertiary alicyclic amines) is 1. The average Bonchev–Trinajstić information content (AvgIpc) is 2.76. The molecule has 3 unspecified atom stereocenters. The molecule has 1 aromatic heterocycles. The zero-order valence-electron chi connectivity index (χ0n) is 10.9. The molecule has 4 heteroatoms. The van der Waals surface area contributed by atoms with Crippen LogP contribution in [0.4, 0.5) is 0 Å². The van der Waals surface area contributed by atoms with Gasteiger partial charge in [0.25, 0.3) is 0 Å². The standard InChI is InChI=1S/C14H19N3O/c1-10-6-8-17(2)9-12-13(10)18-14(16-12)11-5-3-4-7-15-11/h3-5,7,10,12-13H,6,8-9H2,1-2H3. The van der Waals surface area contributed by atoms with Crippen LogP contribution in [0.5, 0.6) is 0 Å². The van der Waals surface area contributed by atoms with E-state index >= 15 is 0 Å². The molecule has 18 heavy (non-hydrogen) atoms. The largest absolute Gasteiger partial charge is 0.470 e. The van der Waals surface area contributed by atoms with Gasteiger partial charge in [-0.15, -0.1) is 0 Å². The van der Waals surface area contributed by atoms with E-state index in [1.54, 1.807) is 6.20 Å². The molecule has 96 valence electrons. The molecule has 1 saturated heterocycles. The second-order valence-corrected chi connectivity index (χ2v) is 5.33. The molecule has 2 aliphatic heterocycles. The maximum absolute atomic E-state index is 6.05. The van der Waals surface area contributed by atoms with Gasteiger partial charge in [0, 0.05) is 12.7 Å². The van der Waals surface area contributed by atoms with Crippen molar-refractivity contribution in [2.24, 2.45) is 10.9 Å². The van der Waals surface area contributed by atoms with E-state index in [0.29, 0.717) is 11.8 Å². The smallest absolute Gasteiger partial charge is 0.236 e. The maximum Gasteiger partial charge on any atom is 0.236 e. The van der Waals surface area contributed by atoms with Crippen molar-refractivity contribution in [1.82, 2.24) is 9.88 Å². The normalized spacial score (nSPS) is 32.3. The molecule has 3 rings (SSSR count). The second-order valence-electron chi connectivity index (χ2n) is 5.33. The summed E-state index contributed by atoms with van der Waals surface area (Å²) in [7, 11) is 2.16. The lowest BCUT2D eigenvalue weighted by Crippen LogP contribution is -2.33. The molecule has 3 heterocycles. The Morgan fingerprint density at radius 1 is 1.39 bits per heavy atom. The summed E-state index contributed by atoms with van der Waals surface area (Å²) in [5.74, 6) is 1.26. The van der Waals surface area contributed by atoms with Crippen LogP contribution in [0.1, 0.15) is 19.0 Å². The van der Waals surface area contributed by atoms with Crippen molar-refractivity contribution in [2.45, 2.75) is 25.5 Å². The van der Waals surface area contributed by atoms with E-state index in [1.165, 1.54) is 6.42 Å². The summed E-state index contributed by atoms with van der Waals surface area (Å²) < 4.78 is 6.05. The van der Waals surface area contributed by atoms with Crippen molar-refractivity contribution in [3.05, 3.63) is 30.1 Å². The predicted octanol–water partition coefficient (Wildman–Crippen LogP) is 1.57. The highest BCUT2D eigenvalue weighted by atomic mass is 16.5. The van der Waals surface area contributed by atoms with Gasteiger partial charge in [-0.2, -0.15) is 0 Å². The lowest BCUT2D eigenvalue weighted by atomic mass is 9.97. The van der Waals surface area contributed by atoms with Crippen molar-refractivity contribution in [3.63, 3.8) is 0 Å². The van der Waals surface area contributed by atoms with E-state index in [-0.39, 0.29) is 12.1 Å². The molecule has 2 aliphatic rings. The zero-order valence-corrected chi connectivity index (χ0v) is 10.9. The molecule has 0 spiro atoms. The number of nitrogens with zero attached hydrogens (tertiary/aromatic N) is 3. The summed E-state index contributed by atoms with van der Waals surface area (Å²) in [5, 5.41) is 0. The fourth-order valence-electron chi connectivity index (χ4n) is 2.72. The van der Waals surface area contributed by atoms with Crippen LogP contribution < -0.4 is 0 Å². The lowest BCUT2D eigenvalue weighted by molar-refractivity contribution is 0.136. The highest BCUT2D eigenvalue weighted by Crippen LogP contribution is 2.28. The molecule has 4 nitrogen and oxygen atoms in total. The Morgan fingerprint density at radius 2 is 2.28 bits per heavy atom. The molecule has 0 aliphatic carbocycles. The van der Waals surface area contributed by atoms with E-state index in [0.717, 1.165) is 18.8 Å². The first-order valence-electron chi connectivity index (χ1n) is 6.58. The molecular formula is C14H19N3O. The van der Waals surface area contributed by atoms with E-state index in [9.17, 15) is 0 Å². The average molecular weight is 245 g/mol. The molecule has 0 N–H and O–H groups in total. The van der Waals surface area contributed by atoms with Crippen LogP contribution in [0.3, 0.4) is 0 Å². The van der Waals surface area contributed by atoms with Gasteiger partial charge in [0.15, 0.2) is 0 Å². The number of hydrogen-bond donors (Lipinski definition) is 0. The van der Waals surface area contributed by atoms with E-state index in [2.05, 4.69) is 23.9 Å². The number of hydrogen-bond acceptors (Lipinski definition) is 4. The maximum atomic E-state index is 6.05. The molecule has 0 amide bonds. The van der Waals surface area contributed by atoms with Gasteiger partial charge in [0.05, 0.1) is 0 Å². The molecule has 0 aromatic carbocycles. The molecule has 3 atom stereocenters. The van der Waals surface area contributed by atoms with Crippen LogP contribution in [0.25, 0.3) is 0 Å². The molecule has 1 fully saturated rings. The Bertz CT molecular complexity index is 446. The number of rotatable bonds is 1. The number of aromatic nitrogens is 1. The Morgan fingerprint density at radius 3 is 3.06 bits per heavy atom. The van der Waals surface area contributed by atoms with Crippen LogP contribution in [-0.4, -0.2) is 48.1 Å². The van der Waals surface area contributed by atoms with Crippen molar-refractivity contribution < 1.29 is 4.74 Å². The van der Waals surface area contributed by atoms with E-state index in [4.69, 9.17) is 9.73 Å². The first-order chi connectivity index (χ1) is 8.74. The van der Waals surface area contributed by atoms with Gasteiger partial charge in [-0.3, -0.25) is 4.98 Å². The molecular weight excluding hydrogens is 226 g/mol. The fourth-order valence-corrected chi connectivity index (χ4v) is 2.72. The third-order valence-electron chi connectivity index (χ3n) is 3.82. The van der Waals surface area contributed by atoms with Crippen molar-refractivity contribution in [1.29, 1.82) is 0 Å². The first kappa shape index (κ1) is 11.7. The van der Waals surface area contributed by atoms with Gasteiger partial charge in [0.1, 0.15) is 17.8 Å². The second kappa shape index (κ2) is 4.69. The number of ether oxygens (including phenoxy) is 1. The Labute approximate surface area is 108 Å². The first-order valence-corrected chi connectivity index (χ1v) is 6.58. The monoisotopic (exact) mass is 245 g/mol. The van der Waals surface area contributed by atoms with Gasteiger partial charge in [-0.25, -0.2) is 4.99 Å². The quantitative estimate of drug-likeness (QED) is 0.753. The van der Waals surface area contributed by atoms with Gasteiger partial charge >= 0.3 is 0 Å². The number of fused-ring (bicyclic) bond motifs is 1. The molecule has 0 radical (unpaired) electrons. The highest BCUT2D eigenvalue weighted by Gasteiger charge is 2.38. The number of pyridine rings is 1. The van der Waals surface area contributed by atoms with Crippen molar-refractivity contribution in [2.75, 3.05) is 20.1 Å². The van der Waals surface area contributed by atoms with Crippen LogP contribution in [-0.2, 0) is 4.74 Å². The highest BCUT2D eigenvalue weighted by molar-refractivity contribution is 5.93. The topological polar surface area (TPSA) is 37.7 Å². The van der Waals surface area contributed by atoms with E-state index < -0.39 is 0 Å². The minimum Gasteiger partial charge on any atom is -0.470 e. The third kappa shape index (κ3) is 2.12. The van der Waals surface area contributed by atoms with Crippen LogP contribution >= 0.6 is 0 Å². The molecule has 0 bridgehead atoms. The summed E-state index contributed by atoms with van der Waals surface area (Å²) >= 11 is 0. The van der Waals surface area contributed by atoms with E-state index in [1.807, 2.05) is 18.2 Å². The van der Waals surface area contributed by atoms with Crippen molar-refractivity contribution in [3.8, 4) is 0 Å². The summed E-state index contributed by atoms with van der Waals surface area (Å²) in [6.45, 7) is 4.37. The SMILES string of the molecule is CC1CCN(C)CC2N=C(c3ccccn3)OC12. The van der Waals surface area contributed by atoms with Gasteiger partial charge in [0.2, 0.25) is 5.90 Å². The fraction of sp³-hybridized carbons (Fsp3) is 0.571. The minimum absolute atomic E-state index is 0.215. The number of aliphatic imine (C=N–C) groups is 1. The zero-order chi connectivity index (χ0) is 12.5. The summed E-state index contributed by atoms with van der Waals surface area (Å²) in [6.07, 6.45) is 3.17. The Kier molecular flexibility index (Phi) is 3.04. The Balaban J connectivity index is 1.85. The number of likely N-dealkylation sites (N-methyl/N-ethyl adjacent to an activating group) is 1. The third-order valence-corrected chi connectivity index (χ3v) is 3.82. The lowest BCUT2D eigenvalue weighted by Gasteiger charge is -2.20. The summed E-state index contributed by atoms with van der Waals surface area (Å²) in [6, 6.07) is 6.09. The van der Waals surface area contributed by atoms with Crippen LogP contribution in [0.2, 0.25) is 0 Å². The van der Waals surface area contributed by atoms with Crippen LogP contribution in [0.15, 0.2) is 29.4 Å². The summed E-state index contributed by atoms with van der Waals surface area (Å²) in [5.41, 5.74) is 0.848.